The zero-order chi connectivity index (χ0) is 19.7. The Morgan fingerprint density at radius 2 is 2.07 bits per heavy atom. The smallest absolute Gasteiger partial charge is 0.428 e. The highest BCUT2D eigenvalue weighted by atomic mass is 32.2. The molecule has 7 heteroatoms. The van der Waals surface area contributed by atoms with Gasteiger partial charge in [-0.05, 0) is 79.5 Å². The summed E-state index contributed by atoms with van der Waals surface area (Å²) in [6, 6.07) is 3.98. The van der Waals surface area contributed by atoms with Crippen molar-refractivity contribution in [3.8, 4) is 5.75 Å². The summed E-state index contributed by atoms with van der Waals surface area (Å²) in [5.41, 5.74) is 3.33. The molecule has 0 radical (unpaired) electrons. The third kappa shape index (κ3) is 2.70. The molecule has 28 heavy (non-hydrogen) atoms. The minimum Gasteiger partial charge on any atom is -0.462 e. The van der Waals surface area contributed by atoms with Crippen LogP contribution >= 0.6 is 0 Å². The first-order valence-corrected chi connectivity index (χ1v) is 11.5. The number of aryl methyl sites for hydroxylation is 1. The van der Waals surface area contributed by atoms with E-state index in [0.29, 0.717) is 23.5 Å². The number of carbonyl (C=O) groups excluding carboxylic acids is 1. The molecule has 0 spiro atoms. The SMILES string of the molecule is CC(=O)O[C@H]1CC[C@H]2[C@@H]3CCc4cc5c(cc4[C@H]3CC[C@]12C)C=NS(=O)(=O)O5. The third-order valence-electron chi connectivity index (χ3n) is 7.59. The van der Waals surface area contributed by atoms with Crippen LogP contribution in [0.3, 0.4) is 0 Å². The Kier molecular flexibility index (Phi) is 3.92. The summed E-state index contributed by atoms with van der Waals surface area (Å²) in [7, 11) is -3.85. The monoisotopic (exact) mass is 403 g/mol. The number of carbonyl (C=O) groups is 1. The average Bonchev–Trinajstić information content (AvgIpc) is 2.95. The summed E-state index contributed by atoms with van der Waals surface area (Å²) in [5, 5.41) is 0. The summed E-state index contributed by atoms with van der Waals surface area (Å²) in [4.78, 5) is 11.6. The van der Waals surface area contributed by atoms with E-state index in [1.54, 1.807) is 0 Å². The van der Waals surface area contributed by atoms with Gasteiger partial charge in [0.15, 0.2) is 5.75 Å². The van der Waals surface area contributed by atoms with Crippen LogP contribution in [-0.4, -0.2) is 26.7 Å². The molecular weight excluding hydrogens is 378 g/mol. The van der Waals surface area contributed by atoms with E-state index >= 15 is 0 Å². The molecule has 0 aromatic heterocycles. The van der Waals surface area contributed by atoms with Crippen LogP contribution < -0.4 is 4.18 Å². The van der Waals surface area contributed by atoms with Gasteiger partial charge in [0, 0.05) is 17.9 Å². The van der Waals surface area contributed by atoms with Crippen LogP contribution in [-0.2, 0) is 26.3 Å². The van der Waals surface area contributed by atoms with Gasteiger partial charge in [-0.2, -0.15) is 8.42 Å². The molecular formula is C21H25NO5S. The lowest BCUT2D eigenvalue weighted by atomic mass is 9.55. The quantitative estimate of drug-likeness (QED) is 0.670. The van der Waals surface area contributed by atoms with Crippen molar-refractivity contribution in [3.63, 3.8) is 0 Å². The van der Waals surface area contributed by atoms with E-state index in [4.69, 9.17) is 8.92 Å². The van der Waals surface area contributed by atoms with Gasteiger partial charge in [-0.15, -0.1) is 4.40 Å². The van der Waals surface area contributed by atoms with Crippen molar-refractivity contribution in [2.24, 2.45) is 21.6 Å². The predicted octanol–water partition coefficient (Wildman–Crippen LogP) is 3.53. The number of esters is 1. The van der Waals surface area contributed by atoms with Crippen molar-refractivity contribution < 1.29 is 22.1 Å². The predicted molar refractivity (Wildman–Crippen MR) is 104 cm³/mol. The van der Waals surface area contributed by atoms with Crippen LogP contribution in [0.15, 0.2) is 16.5 Å². The van der Waals surface area contributed by atoms with Gasteiger partial charge in [0.05, 0.1) is 6.21 Å². The molecule has 0 bridgehead atoms. The van der Waals surface area contributed by atoms with Crippen molar-refractivity contribution >= 4 is 22.5 Å². The number of rotatable bonds is 1. The third-order valence-corrected chi connectivity index (χ3v) is 8.35. The molecule has 5 rings (SSSR count). The fraction of sp³-hybridized carbons (Fsp3) is 0.619. The van der Waals surface area contributed by atoms with Crippen molar-refractivity contribution in [2.45, 2.75) is 64.4 Å². The lowest BCUT2D eigenvalue weighted by Gasteiger charge is -2.50. The molecule has 0 unspecified atom stereocenters. The zero-order valence-electron chi connectivity index (χ0n) is 16.2. The maximum absolute atomic E-state index is 11.6. The minimum atomic E-state index is -3.85. The van der Waals surface area contributed by atoms with E-state index in [2.05, 4.69) is 17.4 Å². The molecule has 5 atom stereocenters. The van der Waals surface area contributed by atoms with Gasteiger partial charge < -0.3 is 8.92 Å². The Morgan fingerprint density at radius 1 is 1.25 bits per heavy atom. The van der Waals surface area contributed by atoms with Gasteiger partial charge in [-0.1, -0.05) is 6.92 Å². The molecule has 150 valence electrons. The van der Waals surface area contributed by atoms with Gasteiger partial charge in [0.25, 0.3) is 0 Å². The van der Waals surface area contributed by atoms with E-state index < -0.39 is 10.3 Å². The van der Waals surface area contributed by atoms with Gasteiger partial charge in [-0.25, -0.2) is 0 Å². The standard InChI is InChI=1S/C21H25NO5S/c1-12(23)26-20-6-5-18-16-4-3-13-10-19-14(11-22-28(24,25)27-19)9-17(13)15(16)7-8-21(18,20)2/h9-11,15-16,18,20H,3-8H2,1-2H3/t15-,16+,18-,20-,21-/m0/s1. The van der Waals surface area contributed by atoms with E-state index in [0.717, 1.165) is 44.1 Å². The largest absolute Gasteiger partial charge is 0.462 e. The normalized spacial score (nSPS) is 37.1. The molecule has 6 nitrogen and oxygen atoms in total. The molecule has 1 aromatic carbocycles. The van der Waals surface area contributed by atoms with Crippen LogP contribution in [0.1, 0.15) is 68.6 Å². The topological polar surface area (TPSA) is 82.0 Å². The second kappa shape index (κ2) is 6.05. The number of hydrogen-bond donors (Lipinski definition) is 0. The van der Waals surface area contributed by atoms with Crippen LogP contribution in [0.2, 0.25) is 0 Å². The van der Waals surface area contributed by atoms with E-state index in [1.807, 2.05) is 6.07 Å². The Morgan fingerprint density at radius 3 is 2.86 bits per heavy atom. The van der Waals surface area contributed by atoms with Crippen molar-refractivity contribution in [3.05, 3.63) is 28.8 Å². The average molecular weight is 404 g/mol. The minimum absolute atomic E-state index is 0.0339. The van der Waals surface area contributed by atoms with E-state index in [9.17, 15) is 13.2 Å². The summed E-state index contributed by atoms with van der Waals surface area (Å²) in [6.07, 6.45) is 7.63. The second-order valence-corrected chi connectivity index (χ2v) is 10.2. The molecule has 0 saturated heterocycles. The van der Waals surface area contributed by atoms with Gasteiger partial charge in [0.2, 0.25) is 0 Å². The Hall–Kier alpha value is -1.89. The molecule has 0 amide bonds. The highest BCUT2D eigenvalue weighted by Crippen LogP contribution is 2.61. The molecule has 2 fully saturated rings. The molecule has 1 aliphatic heterocycles. The molecule has 1 heterocycles. The van der Waals surface area contributed by atoms with E-state index in [-0.39, 0.29) is 17.5 Å². The molecule has 2 saturated carbocycles. The van der Waals surface area contributed by atoms with Crippen LogP contribution in [0.4, 0.5) is 0 Å². The first-order chi connectivity index (χ1) is 13.3. The molecule has 3 aliphatic carbocycles. The number of ether oxygens (including phenoxy) is 1. The first kappa shape index (κ1) is 18.2. The highest BCUT2D eigenvalue weighted by molar-refractivity contribution is 7.86. The lowest BCUT2D eigenvalue weighted by molar-refractivity contribution is -0.154. The van der Waals surface area contributed by atoms with Crippen LogP contribution in [0, 0.1) is 17.3 Å². The molecule has 4 aliphatic rings. The van der Waals surface area contributed by atoms with Gasteiger partial charge in [-0.3, -0.25) is 4.79 Å². The number of nitrogens with zero attached hydrogens (tertiary/aromatic N) is 1. The Labute approximate surface area is 165 Å². The summed E-state index contributed by atoms with van der Waals surface area (Å²) in [6.45, 7) is 3.81. The van der Waals surface area contributed by atoms with E-state index in [1.165, 1.54) is 24.3 Å². The number of benzene rings is 1. The van der Waals surface area contributed by atoms with Crippen LogP contribution in [0.25, 0.3) is 0 Å². The fourth-order valence-corrected chi connectivity index (χ4v) is 7.05. The van der Waals surface area contributed by atoms with Crippen molar-refractivity contribution in [1.29, 1.82) is 0 Å². The second-order valence-electron chi connectivity index (χ2n) is 8.97. The summed E-state index contributed by atoms with van der Waals surface area (Å²) >= 11 is 0. The Bertz CT molecular complexity index is 985. The Balaban J connectivity index is 1.48. The van der Waals surface area contributed by atoms with Gasteiger partial charge >= 0.3 is 16.3 Å². The fourth-order valence-electron chi connectivity index (χ4n) is 6.39. The summed E-state index contributed by atoms with van der Waals surface area (Å²) in [5.74, 6) is 1.82. The maximum Gasteiger partial charge on any atom is 0.428 e. The van der Waals surface area contributed by atoms with Crippen LogP contribution in [0.5, 0.6) is 5.75 Å². The lowest BCUT2D eigenvalue weighted by Crippen LogP contribution is -2.45. The number of hydrogen-bond acceptors (Lipinski definition) is 5. The van der Waals surface area contributed by atoms with Gasteiger partial charge in [0.1, 0.15) is 6.10 Å². The number of fused-ring (bicyclic) bond motifs is 6. The first-order valence-electron chi connectivity index (χ1n) is 10.1. The molecule has 0 N–H and O–H groups in total. The molecule has 1 aromatic rings. The van der Waals surface area contributed by atoms with Crippen molar-refractivity contribution in [1.82, 2.24) is 0 Å². The maximum atomic E-state index is 11.6. The zero-order valence-corrected chi connectivity index (χ0v) is 17.0. The highest BCUT2D eigenvalue weighted by Gasteiger charge is 2.56. The summed E-state index contributed by atoms with van der Waals surface area (Å²) < 4.78 is 37.6. The van der Waals surface area contributed by atoms with Crippen molar-refractivity contribution in [2.75, 3.05) is 0 Å².